The Morgan fingerprint density at radius 3 is 2.60 bits per heavy atom. The Balaban J connectivity index is 1.66. The maximum Gasteiger partial charge on any atom is 0.230 e. The Bertz CT molecular complexity index is 467. The molecule has 1 heterocycles. The number of likely N-dealkylation sites (N-methyl/N-ethyl adjacent to an activating group) is 1. The highest BCUT2D eigenvalue weighted by Crippen LogP contribution is 2.43. The molecular weight excluding hydrogens is 248 g/mol. The number of amides is 1. The highest BCUT2D eigenvalue weighted by Gasteiger charge is 2.45. The molecule has 0 bridgehead atoms. The van der Waals surface area contributed by atoms with Gasteiger partial charge in [0.2, 0.25) is 5.91 Å². The van der Waals surface area contributed by atoms with Crippen molar-refractivity contribution in [3.05, 3.63) is 35.9 Å². The van der Waals surface area contributed by atoms with E-state index in [-0.39, 0.29) is 11.3 Å². The SMILES string of the molecule is CN1CCCC1CNC(=O)C1(c2ccccc2)CCC1. The maximum atomic E-state index is 12.7. The highest BCUT2D eigenvalue weighted by atomic mass is 16.2. The number of rotatable bonds is 4. The molecule has 1 saturated carbocycles. The fraction of sp³-hybridized carbons (Fsp3) is 0.588. The lowest BCUT2D eigenvalue weighted by atomic mass is 9.64. The molecule has 1 aliphatic heterocycles. The van der Waals surface area contributed by atoms with E-state index in [4.69, 9.17) is 0 Å². The predicted octanol–water partition coefficient (Wildman–Crippen LogP) is 2.32. The molecule has 1 unspecified atom stereocenters. The van der Waals surface area contributed by atoms with Gasteiger partial charge in [0.15, 0.2) is 0 Å². The van der Waals surface area contributed by atoms with Gasteiger partial charge in [-0.1, -0.05) is 36.8 Å². The van der Waals surface area contributed by atoms with E-state index in [1.807, 2.05) is 18.2 Å². The molecule has 1 saturated heterocycles. The van der Waals surface area contributed by atoms with Gasteiger partial charge in [0.05, 0.1) is 5.41 Å². The molecule has 1 aliphatic carbocycles. The average Bonchev–Trinajstić information content (AvgIpc) is 2.82. The van der Waals surface area contributed by atoms with Crippen LogP contribution in [-0.2, 0) is 10.2 Å². The van der Waals surface area contributed by atoms with Crippen LogP contribution in [0.2, 0.25) is 0 Å². The molecule has 2 fully saturated rings. The van der Waals surface area contributed by atoms with E-state index in [9.17, 15) is 4.79 Å². The lowest BCUT2D eigenvalue weighted by molar-refractivity contribution is -0.130. The van der Waals surface area contributed by atoms with Crippen LogP contribution in [0.1, 0.15) is 37.7 Å². The number of hydrogen-bond donors (Lipinski definition) is 1. The normalized spacial score (nSPS) is 25.1. The molecule has 0 aromatic heterocycles. The predicted molar refractivity (Wildman–Crippen MR) is 80.6 cm³/mol. The van der Waals surface area contributed by atoms with Crippen LogP contribution in [0.4, 0.5) is 0 Å². The summed E-state index contributed by atoms with van der Waals surface area (Å²) in [5, 5.41) is 3.22. The van der Waals surface area contributed by atoms with Crippen molar-refractivity contribution in [3.63, 3.8) is 0 Å². The fourth-order valence-electron chi connectivity index (χ4n) is 3.55. The minimum Gasteiger partial charge on any atom is -0.354 e. The minimum absolute atomic E-state index is 0.232. The van der Waals surface area contributed by atoms with Crippen LogP contribution in [0.15, 0.2) is 30.3 Å². The van der Waals surface area contributed by atoms with Crippen LogP contribution < -0.4 is 5.32 Å². The van der Waals surface area contributed by atoms with E-state index < -0.39 is 0 Å². The third-order valence-electron chi connectivity index (χ3n) is 5.14. The van der Waals surface area contributed by atoms with Crippen molar-refractivity contribution >= 4 is 5.91 Å². The molecule has 1 amide bonds. The van der Waals surface area contributed by atoms with Gasteiger partial charge in [-0.3, -0.25) is 4.79 Å². The summed E-state index contributed by atoms with van der Waals surface area (Å²) in [6.45, 7) is 1.95. The molecular formula is C17H24N2O. The number of benzene rings is 1. The standard InChI is InChI=1S/C17H24N2O/c1-19-12-5-9-15(19)13-18-16(20)17(10-6-11-17)14-7-3-2-4-8-14/h2-4,7-8,15H,5-6,9-13H2,1H3,(H,18,20). The van der Waals surface area contributed by atoms with Gasteiger partial charge in [0.25, 0.3) is 0 Å². The quantitative estimate of drug-likeness (QED) is 0.912. The zero-order valence-electron chi connectivity index (χ0n) is 12.3. The summed E-state index contributed by atoms with van der Waals surface area (Å²) in [4.78, 5) is 15.0. The molecule has 3 nitrogen and oxygen atoms in total. The van der Waals surface area contributed by atoms with Crippen molar-refractivity contribution in [3.8, 4) is 0 Å². The molecule has 0 spiro atoms. The lowest BCUT2D eigenvalue weighted by Crippen LogP contribution is -2.51. The molecule has 2 aliphatic rings. The zero-order valence-corrected chi connectivity index (χ0v) is 12.3. The first-order chi connectivity index (χ1) is 9.72. The second kappa shape index (κ2) is 5.57. The van der Waals surface area contributed by atoms with Crippen molar-refractivity contribution in [2.45, 2.75) is 43.6 Å². The van der Waals surface area contributed by atoms with Gasteiger partial charge in [0, 0.05) is 12.6 Å². The molecule has 108 valence electrons. The summed E-state index contributed by atoms with van der Waals surface area (Å²) < 4.78 is 0. The lowest BCUT2D eigenvalue weighted by Gasteiger charge is -2.41. The Morgan fingerprint density at radius 2 is 2.05 bits per heavy atom. The van der Waals surface area contributed by atoms with Crippen molar-refractivity contribution in [1.82, 2.24) is 10.2 Å². The summed E-state index contributed by atoms with van der Waals surface area (Å²) in [5.74, 6) is 0.232. The molecule has 20 heavy (non-hydrogen) atoms. The fourth-order valence-corrected chi connectivity index (χ4v) is 3.55. The number of likely N-dealkylation sites (tertiary alicyclic amines) is 1. The molecule has 1 N–H and O–H groups in total. The van der Waals surface area contributed by atoms with E-state index in [2.05, 4.69) is 29.4 Å². The Kier molecular flexibility index (Phi) is 3.79. The molecule has 0 radical (unpaired) electrons. The molecule has 1 aromatic rings. The topological polar surface area (TPSA) is 32.3 Å². The third kappa shape index (κ3) is 2.35. The third-order valence-corrected chi connectivity index (χ3v) is 5.14. The van der Waals surface area contributed by atoms with Crippen LogP contribution in [-0.4, -0.2) is 37.0 Å². The molecule has 1 aromatic carbocycles. The van der Waals surface area contributed by atoms with Gasteiger partial charge in [-0.25, -0.2) is 0 Å². The number of carbonyl (C=O) groups excluding carboxylic acids is 1. The van der Waals surface area contributed by atoms with E-state index in [0.717, 1.165) is 32.4 Å². The van der Waals surface area contributed by atoms with Crippen molar-refractivity contribution in [2.24, 2.45) is 0 Å². The minimum atomic E-state index is -0.252. The first kappa shape index (κ1) is 13.6. The van der Waals surface area contributed by atoms with Crippen LogP contribution in [0.25, 0.3) is 0 Å². The molecule has 1 atom stereocenters. The second-order valence-electron chi connectivity index (χ2n) is 6.29. The second-order valence-corrected chi connectivity index (χ2v) is 6.29. The number of nitrogens with one attached hydrogen (secondary N) is 1. The van der Waals surface area contributed by atoms with Gasteiger partial charge >= 0.3 is 0 Å². The van der Waals surface area contributed by atoms with Gasteiger partial charge in [-0.2, -0.15) is 0 Å². The number of nitrogens with zero attached hydrogens (tertiary/aromatic N) is 1. The van der Waals surface area contributed by atoms with Crippen molar-refractivity contribution in [1.29, 1.82) is 0 Å². The smallest absolute Gasteiger partial charge is 0.230 e. The van der Waals surface area contributed by atoms with Crippen LogP contribution in [0.3, 0.4) is 0 Å². The summed E-state index contributed by atoms with van der Waals surface area (Å²) >= 11 is 0. The van der Waals surface area contributed by atoms with Crippen molar-refractivity contribution in [2.75, 3.05) is 20.1 Å². The summed E-state index contributed by atoms with van der Waals surface area (Å²) in [7, 11) is 2.15. The van der Waals surface area contributed by atoms with Crippen LogP contribution in [0, 0.1) is 0 Å². The maximum absolute atomic E-state index is 12.7. The first-order valence-corrected chi connectivity index (χ1v) is 7.76. The number of carbonyl (C=O) groups is 1. The van der Waals surface area contributed by atoms with Gasteiger partial charge in [-0.15, -0.1) is 0 Å². The van der Waals surface area contributed by atoms with Crippen molar-refractivity contribution < 1.29 is 4.79 Å². The van der Waals surface area contributed by atoms with Gasteiger partial charge < -0.3 is 10.2 Å². The Labute approximate surface area is 121 Å². The highest BCUT2D eigenvalue weighted by molar-refractivity contribution is 5.89. The summed E-state index contributed by atoms with van der Waals surface area (Å²) in [6, 6.07) is 10.8. The Hall–Kier alpha value is -1.35. The van der Waals surface area contributed by atoms with E-state index in [1.54, 1.807) is 0 Å². The van der Waals surface area contributed by atoms with Crippen LogP contribution in [0.5, 0.6) is 0 Å². The summed E-state index contributed by atoms with van der Waals surface area (Å²) in [6.07, 6.45) is 5.59. The van der Waals surface area contributed by atoms with Gasteiger partial charge in [0.1, 0.15) is 0 Å². The van der Waals surface area contributed by atoms with E-state index in [1.165, 1.54) is 18.4 Å². The molecule has 3 heteroatoms. The number of hydrogen-bond acceptors (Lipinski definition) is 2. The Morgan fingerprint density at radius 1 is 1.30 bits per heavy atom. The zero-order chi connectivity index (χ0) is 14.0. The van der Waals surface area contributed by atoms with Gasteiger partial charge in [-0.05, 0) is 44.8 Å². The first-order valence-electron chi connectivity index (χ1n) is 7.76. The molecule has 3 rings (SSSR count). The monoisotopic (exact) mass is 272 g/mol. The van der Waals surface area contributed by atoms with E-state index >= 15 is 0 Å². The largest absolute Gasteiger partial charge is 0.354 e. The summed E-state index contributed by atoms with van der Waals surface area (Å²) in [5.41, 5.74) is 0.932. The average molecular weight is 272 g/mol. The van der Waals surface area contributed by atoms with E-state index in [0.29, 0.717) is 6.04 Å². The van der Waals surface area contributed by atoms with Crippen LogP contribution >= 0.6 is 0 Å².